The molecule has 0 saturated carbocycles. The number of halogens is 1. The van der Waals surface area contributed by atoms with Crippen molar-refractivity contribution in [2.75, 3.05) is 21.3 Å². The van der Waals surface area contributed by atoms with Crippen molar-refractivity contribution in [3.05, 3.63) is 53.1 Å². The number of ether oxygens (including phenoxy) is 2. The molecule has 23 heavy (non-hydrogen) atoms. The lowest BCUT2D eigenvalue weighted by Gasteiger charge is -2.20. The largest absolute Gasteiger partial charge is 0.495 e. The van der Waals surface area contributed by atoms with Crippen molar-refractivity contribution < 1.29 is 17.9 Å². The fourth-order valence-electron chi connectivity index (χ4n) is 2.13. The lowest BCUT2D eigenvalue weighted by atomic mass is 10.2. The Kier molecular flexibility index (Phi) is 5.51. The minimum Gasteiger partial charge on any atom is -0.495 e. The normalized spacial score (nSPS) is 11.5. The van der Waals surface area contributed by atoms with Gasteiger partial charge in [0.1, 0.15) is 16.4 Å². The Balaban J connectivity index is 2.42. The molecule has 0 unspecified atom stereocenters. The van der Waals surface area contributed by atoms with Gasteiger partial charge >= 0.3 is 0 Å². The highest BCUT2D eigenvalue weighted by Gasteiger charge is 2.26. The summed E-state index contributed by atoms with van der Waals surface area (Å²) in [5.41, 5.74) is 0.887. The van der Waals surface area contributed by atoms with Gasteiger partial charge in [-0.05, 0) is 5.56 Å². The molecular formula is C16H18ClNO4S. The van der Waals surface area contributed by atoms with Crippen LogP contribution < -0.4 is 9.47 Å². The van der Waals surface area contributed by atoms with Crippen LogP contribution in [0.15, 0.2) is 47.4 Å². The van der Waals surface area contributed by atoms with Crippen LogP contribution in [0.4, 0.5) is 0 Å². The Hall–Kier alpha value is -1.76. The maximum atomic E-state index is 12.8. The molecule has 0 aliphatic heterocycles. The molecule has 0 aliphatic carbocycles. The standard InChI is InChI=1S/C16H18ClNO4S/c1-18(11-12-7-5-4-6-8-12)23(19,20)16-10-14(21-2)13(17)9-15(16)22-3/h4-10H,11H2,1-3H3. The summed E-state index contributed by atoms with van der Waals surface area (Å²) in [6.07, 6.45) is 0. The molecule has 0 spiro atoms. The number of benzene rings is 2. The van der Waals surface area contributed by atoms with E-state index in [9.17, 15) is 8.42 Å². The molecule has 0 atom stereocenters. The van der Waals surface area contributed by atoms with Gasteiger partial charge in [0, 0.05) is 25.7 Å². The van der Waals surface area contributed by atoms with Crippen molar-refractivity contribution in [3.8, 4) is 11.5 Å². The van der Waals surface area contributed by atoms with E-state index in [4.69, 9.17) is 21.1 Å². The van der Waals surface area contributed by atoms with E-state index in [1.165, 1.54) is 37.7 Å². The van der Waals surface area contributed by atoms with Crippen molar-refractivity contribution in [2.45, 2.75) is 11.4 Å². The van der Waals surface area contributed by atoms with Crippen molar-refractivity contribution in [3.63, 3.8) is 0 Å². The van der Waals surface area contributed by atoms with E-state index in [2.05, 4.69) is 0 Å². The molecule has 0 radical (unpaired) electrons. The second-order valence-corrected chi connectivity index (χ2v) is 7.30. The molecule has 0 bridgehead atoms. The quantitative estimate of drug-likeness (QED) is 0.798. The van der Waals surface area contributed by atoms with E-state index in [1.807, 2.05) is 30.3 Å². The van der Waals surface area contributed by atoms with Crippen LogP contribution >= 0.6 is 11.6 Å². The lowest BCUT2D eigenvalue weighted by molar-refractivity contribution is 0.388. The van der Waals surface area contributed by atoms with Crippen LogP contribution in [0.1, 0.15) is 5.56 Å². The van der Waals surface area contributed by atoms with Gasteiger partial charge in [0.05, 0.1) is 19.2 Å². The number of hydrogen-bond donors (Lipinski definition) is 0. The SMILES string of the molecule is COc1cc(S(=O)(=O)N(C)Cc2ccccc2)c(OC)cc1Cl. The summed E-state index contributed by atoms with van der Waals surface area (Å²) in [5, 5.41) is 0.286. The third-order valence-corrected chi connectivity index (χ3v) is 5.49. The number of methoxy groups -OCH3 is 2. The van der Waals surface area contributed by atoms with Crippen molar-refractivity contribution >= 4 is 21.6 Å². The number of sulfonamides is 1. The van der Waals surface area contributed by atoms with E-state index < -0.39 is 10.0 Å². The van der Waals surface area contributed by atoms with Crippen molar-refractivity contribution in [1.82, 2.24) is 4.31 Å². The Morgan fingerprint density at radius 2 is 1.65 bits per heavy atom. The van der Waals surface area contributed by atoms with Crippen LogP contribution in [0.5, 0.6) is 11.5 Å². The topological polar surface area (TPSA) is 55.8 Å². The van der Waals surface area contributed by atoms with Crippen LogP contribution in [0.2, 0.25) is 5.02 Å². The summed E-state index contributed by atoms with van der Waals surface area (Å²) in [4.78, 5) is 0.0136. The lowest BCUT2D eigenvalue weighted by Crippen LogP contribution is -2.27. The average Bonchev–Trinajstić information content (AvgIpc) is 2.55. The zero-order valence-corrected chi connectivity index (χ0v) is 14.7. The maximum absolute atomic E-state index is 12.8. The smallest absolute Gasteiger partial charge is 0.246 e. The van der Waals surface area contributed by atoms with Gasteiger partial charge in [0.25, 0.3) is 0 Å². The van der Waals surface area contributed by atoms with E-state index in [0.717, 1.165) is 5.56 Å². The first-order valence-electron chi connectivity index (χ1n) is 6.82. The van der Waals surface area contributed by atoms with Crippen molar-refractivity contribution in [2.24, 2.45) is 0 Å². The zero-order valence-electron chi connectivity index (χ0n) is 13.1. The second-order valence-electron chi connectivity index (χ2n) is 4.88. The van der Waals surface area contributed by atoms with Crippen LogP contribution in [-0.2, 0) is 16.6 Å². The summed E-state index contributed by atoms with van der Waals surface area (Å²) in [5.74, 6) is 0.454. The molecule has 2 rings (SSSR count). The van der Waals surface area contributed by atoms with Gasteiger partial charge in [-0.25, -0.2) is 8.42 Å². The average molecular weight is 356 g/mol. The van der Waals surface area contributed by atoms with Crippen LogP contribution in [-0.4, -0.2) is 34.0 Å². The van der Waals surface area contributed by atoms with Gasteiger partial charge in [-0.15, -0.1) is 0 Å². The van der Waals surface area contributed by atoms with E-state index >= 15 is 0 Å². The molecule has 0 saturated heterocycles. The third kappa shape index (κ3) is 3.77. The third-order valence-electron chi connectivity index (χ3n) is 3.37. The van der Waals surface area contributed by atoms with Gasteiger partial charge < -0.3 is 9.47 Å². The zero-order chi connectivity index (χ0) is 17.0. The molecule has 124 valence electrons. The van der Waals surface area contributed by atoms with Gasteiger partial charge in [-0.3, -0.25) is 0 Å². The molecule has 0 N–H and O–H groups in total. The van der Waals surface area contributed by atoms with Crippen LogP contribution in [0.3, 0.4) is 0 Å². The Labute approximate surface area is 141 Å². The maximum Gasteiger partial charge on any atom is 0.246 e. The highest BCUT2D eigenvalue weighted by molar-refractivity contribution is 7.89. The molecular weight excluding hydrogens is 338 g/mol. The Morgan fingerprint density at radius 1 is 1.04 bits per heavy atom. The minimum absolute atomic E-state index is 0.0136. The fourth-order valence-corrected chi connectivity index (χ4v) is 3.67. The molecule has 0 fully saturated rings. The van der Waals surface area contributed by atoms with Gasteiger partial charge in [0.2, 0.25) is 10.0 Å². The summed E-state index contributed by atoms with van der Waals surface area (Å²) >= 11 is 6.03. The van der Waals surface area contributed by atoms with Gasteiger partial charge in [-0.2, -0.15) is 4.31 Å². The number of hydrogen-bond acceptors (Lipinski definition) is 4. The van der Waals surface area contributed by atoms with E-state index in [1.54, 1.807) is 0 Å². The van der Waals surface area contributed by atoms with Gasteiger partial charge in [-0.1, -0.05) is 41.9 Å². The second kappa shape index (κ2) is 7.21. The Morgan fingerprint density at radius 3 is 2.22 bits per heavy atom. The first-order valence-corrected chi connectivity index (χ1v) is 8.63. The molecule has 2 aromatic rings. The number of rotatable bonds is 6. The van der Waals surface area contributed by atoms with E-state index in [-0.39, 0.29) is 28.0 Å². The van der Waals surface area contributed by atoms with Gasteiger partial charge in [0.15, 0.2) is 0 Å². The first-order chi connectivity index (χ1) is 10.9. The molecule has 5 nitrogen and oxygen atoms in total. The summed E-state index contributed by atoms with van der Waals surface area (Å²) < 4.78 is 37.2. The van der Waals surface area contributed by atoms with Crippen LogP contribution in [0.25, 0.3) is 0 Å². The monoisotopic (exact) mass is 355 g/mol. The van der Waals surface area contributed by atoms with E-state index in [0.29, 0.717) is 0 Å². The first kappa shape index (κ1) is 17.6. The summed E-state index contributed by atoms with van der Waals surface area (Å²) in [6.45, 7) is 0.247. The molecule has 7 heteroatoms. The molecule has 2 aromatic carbocycles. The number of nitrogens with zero attached hydrogens (tertiary/aromatic N) is 1. The molecule has 0 aliphatic rings. The predicted octanol–water partition coefficient (Wildman–Crippen LogP) is 3.18. The Bertz CT molecular complexity index is 778. The molecule has 0 aromatic heterocycles. The molecule has 0 amide bonds. The highest BCUT2D eigenvalue weighted by atomic mass is 35.5. The highest BCUT2D eigenvalue weighted by Crippen LogP contribution is 2.36. The molecule has 0 heterocycles. The van der Waals surface area contributed by atoms with Crippen LogP contribution in [0, 0.1) is 0 Å². The minimum atomic E-state index is -3.76. The fraction of sp³-hybridized carbons (Fsp3) is 0.250. The predicted molar refractivity (Wildman–Crippen MR) is 89.7 cm³/mol. The summed E-state index contributed by atoms with van der Waals surface area (Å²) in [6, 6.07) is 12.1. The van der Waals surface area contributed by atoms with Crippen molar-refractivity contribution in [1.29, 1.82) is 0 Å². The summed E-state index contributed by atoms with van der Waals surface area (Å²) in [7, 11) is 0.583.